The van der Waals surface area contributed by atoms with Crippen LogP contribution in [-0.4, -0.2) is 23.7 Å². The Morgan fingerprint density at radius 3 is 2.59 bits per heavy atom. The molecule has 1 fully saturated rings. The summed E-state index contributed by atoms with van der Waals surface area (Å²) in [6.45, 7) is 0.326. The molecule has 0 unspecified atom stereocenters. The lowest BCUT2D eigenvalue weighted by Gasteiger charge is -2.22. The van der Waals surface area contributed by atoms with E-state index >= 15 is 0 Å². The van der Waals surface area contributed by atoms with Crippen LogP contribution in [0.5, 0.6) is 0 Å². The molecule has 0 radical (unpaired) electrons. The molecule has 6 heteroatoms. The first-order chi connectivity index (χ1) is 10.6. The van der Waals surface area contributed by atoms with E-state index in [9.17, 15) is 8.42 Å². The Morgan fingerprint density at radius 1 is 1.23 bits per heavy atom. The van der Waals surface area contributed by atoms with E-state index in [4.69, 9.17) is 5.26 Å². The van der Waals surface area contributed by atoms with Crippen LogP contribution in [0.25, 0.3) is 0 Å². The summed E-state index contributed by atoms with van der Waals surface area (Å²) in [5, 5.41) is 8.96. The highest BCUT2D eigenvalue weighted by molar-refractivity contribution is 7.89. The maximum absolute atomic E-state index is 12.9. The fourth-order valence-electron chi connectivity index (χ4n) is 2.30. The summed E-state index contributed by atoms with van der Waals surface area (Å²) in [4.78, 5) is 4.13. The van der Waals surface area contributed by atoms with Gasteiger partial charge in [-0.15, -0.1) is 0 Å². The van der Waals surface area contributed by atoms with Gasteiger partial charge in [-0.1, -0.05) is 6.07 Å². The second-order valence-corrected chi connectivity index (χ2v) is 7.17. The number of benzene rings is 1. The second-order valence-electron chi connectivity index (χ2n) is 5.28. The van der Waals surface area contributed by atoms with Gasteiger partial charge in [-0.2, -0.15) is 9.57 Å². The largest absolute Gasteiger partial charge is 0.265 e. The predicted molar refractivity (Wildman–Crippen MR) is 81.1 cm³/mol. The number of nitriles is 1. The van der Waals surface area contributed by atoms with Gasteiger partial charge >= 0.3 is 0 Å². The van der Waals surface area contributed by atoms with Crippen LogP contribution in [-0.2, 0) is 16.6 Å². The van der Waals surface area contributed by atoms with Gasteiger partial charge in [-0.05, 0) is 48.7 Å². The van der Waals surface area contributed by atoms with Crippen molar-refractivity contribution in [2.45, 2.75) is 30.3 Å². The summed E-state index contributed by atoms with van der Waals surface area (Å²) in [5.74, 6) is 0. The van der Waals surface area contributed by atoms with Gasteiger partial charge in [0.15, 0.2) is 0 Å². The smallest absolute Gasteiger partial charge is 0.243 e. The summed E-state index contributed by atoms with van der Waals surface area (Å²) in [7, 11) is -3.61. The van der Waals surface area contributed by atoms with Gasteiger partial charge in [0, 0.05) is 25.0 Å². The van der Waals surface area contributed by atoms with E-state index in [2.05, 4.69) is 4.98 Å². The summed E-state index contributed by atoms with van der Waals surface area (Å²) in [6, 6.07) is 11.8. The Bertz CT molecular complexity index is 809. The number of sulfonamides is 1. The SMILES string of the molecule is N#Cc1cccc(S(=O)(=O)N(Cc2ccncc2)C2CC2)c1. The predicted octanol–water partition coefficient (Wildman–Crippen LogP) is 2.31. The molecule has 1 aliphatic carbocycles. The number of rotatable bonds is 5. The molecule has 22 heavy (non-hydrogen) atoms. The van der Waals surface area contributed by atoms with Crippen molar-refractivity contribution >= 4 is 10.0 Å². The molecule has 1 saturated carbocycles. The third kappa shape index (κ3) is 3.01. The van der Waals surface area contributed by atoms with E-state index in [1.807, 2.05) is 18.2 Å². The van der Waals surface area contributed by atoms with Crippen LogP contribution in [0.15, 0.2) is 53.7 Å². The highest BCUT2D eigenvalue weighted by Crippen LogP contribution is 2.33. The highest BCUT2D eigenvalue weighted by atomic mass is 32.2. The van der Waals surface area contributed by atoms with E-state index < -0.39 is 10.0 Å². The lowest BCUT2D eigenvalue weighted by Crippen LogP contribution is -2.32. The first kappa shape index (κ1) is 14.7. The molecule has 2 aromatic rings. The second kappa shape index (κ2) is 5.87. The number of hydrogen-bond acceptors (Lipinski definition) is 4. The van der Waals surface area contributed by atoms with E-state index in [0.717, 1.165) is 18.4 Å². The average molecular weight is 313 g/mol. The molecule has 1 aromatic carbocycles. The van der Waals surface area contributed by atoms with Crippen molar-refractivity contribution in [2.75, 3.05) is 0 Å². The van der Waals surface area contributed by atoms with Crippen molar-refractivity contribution in [3.63, 3.8) is 0 Å². The zero-order chi connectivity index (χ0) is 15.6. The molecule has 0 saturated heterocycles. The minimum atomic E-state index is -3.61. The summed E-state index contributed by atoms with van der Waals surface area (Å²) >= 11 is 0. The first-order valence-electron chi connectivity index (χ1n) is 7.02. The van der Waals surface area contributed by atoms with Crippen LogP contribution in [0.1, 0.15) is 24.0 Å². The molecule has 0 spiro atoms. The first-order valence-corrected chi connectivity index (χ1v) is 8.46. The van der Waals surface area contributed by atoms with Crippen molar-refractivity contribution in [1.29, 1.82) is 5.26 Å². The van der Waals surface area contributed by atoms with Gasteiger partial charge in [0.25, 0.3) is 0 Å². The highest BCUT2D eigenvalue weighted by Gasteiger charge is 2.38. The molecular formula is C16H15N3O2S. The van der Waals surface area contributed by atoms with E-state index in [-0.39, 0.29) is 10.9 Å². The van der Waals surface area contributed by atoms with Crippen molar-refractivity contribution < 1.29 is 8.42 Å². The summed E-state index contributed by atoms with van der Waals surface area (Å²) < 4.78 is 27.3. The Kier molecular flexibility index (Phi) is 3.92. The van der Waals surface area contributed by atoms with Gasteiger partial charge in [0.05, 0.1) is 16.5 Å². The molecule has 0 bridgehead atoms. The van der Waals surface area contributed by atoms with Crippen molar-refractivity contribution in [2.24, 2.45) is 0 Å². The van der Waals surface area contributed by atoms with E-state index in [1.54, 1.807) is 24.5 Å². The van der Waals surface area contributed by atoms with Crippen LogP contribution < -0.4 is 0 Å². The minimum absolute atomic E-state index is 0.0453. The van der Waals surface area contributed by atoms with Crippen LogP contribution in [0.4, 0.5) is 0 Å². The summed E-state index contributed by atoms with van der Waals surface area (Å²) in [6.07, 6.45) is 5.07. The summed E-state index contributed by atoms with van der Waals surface area (Å²) in [5.41, 5.74) is 1.25. The van der Waals surface area contributed by atoms with Gasteiger partial charge in [-0.3, -0.25) is 4.98 Å². The molecule has 1 aliphatic rings. The molecular weight excluding hydrogens is 298 g/mol. The van der Waals surface area contributed by atoms with E-state index in [1.165, 1.54) is 16.4 Å². The maximum Gasteiger partial charge on any atom is 0.243 e. The van der Waals surface area contributed by atoms with Crippen molar-refractivity contribution in [3.8, 4) is 6.07 Å². The van der Waals surface area contributed by atoms with Gasteiger partial charge in [0.2, 0.25) is 10.0 Å². The zero-order valence-electron chi connectivity index (χ0n) is 11.9. The topological polar surface area (TPSA) is 74.1 Å². The van der Waals surface area contributed by atoms with Crippen molar-refractivity contribution in [1.82, 2.24) is 9.29 Å². The zero-order valence-corrected chi connectivity index (χ0v) is 12.7. The van der Waals surface area contributed by atoms with Crippen LogP contribution >= 0.6 is 0 Å². The Labute approximate surface area is 129 Å². The Balaban J connectivity index is 1.95. The number of pyridine rings is 1. The standard InChI is InChI=1S/C16H15N3O2S/c17-11-14-2-1-3-16(10-14)22(20,21)19(15-4-5-15)12-13-6-8-18-9-7-13/h1-3,6-10,15H,4-5,12H2. The quantitative estimate of drug-likeness (QED) is 0.849. The van der Waals surface area contributed by atoms with Gasteiger partial charge in [-0.25, -0.2) is 8.42 Å². The molecule has 1 heterocycles. The number of nitrogens with zero attached hydrogens (tertiary/aromatic N) is 3. The van der Waals surface area contributed by atoms with Crippen LogP contribution in [0, 0.1) is 11.3 Å². The molecule has 0 aliphatic heterocycles. The number of hydrogen-bond donors (Lipinski definition) is 0. The maximum atomic E-state index is 12.9. The molecule has 5 nitrogen and oxygen atoms in total. The molecule has 0 amide bonds. The fourth-order valence-corrected chi connectivity index (χ4v) is 4.02. The van der Waals surface area contributed by atoms with E-state index in [0.29, 0.717) is 12.1 Å². The Morgan fingerprint density at radius 2 is 1.95 bits per heavy atom. The van der Waals surface area contributed by atoms with Crippen molar-refractivity contribution in [3.05, 3.63) is 59.9 Å². The van der Waals surface area contributed by atoms with Crippen LogP contribution in [0.2, 0.25) is 0 Å². The van der Waals surface area contributed by atoms with Gasteiger partial charge in [0.1, 0.15) is 0 Å². The average Bonchev–Trinajstić information content (AvgIpc) is 3.38. The monoisotopic (exact) mass is 313 g/mol. The molecule has 1 aromatic heterocycles. The number of aromatic nitrogens is 1. The van der Waals surface area contributed by atoms with Gasteiger partial charge < -0.3 is 0 Å². The van der Waals surface area contributed by atoms with Crippen LogP contribution in [0.3, 0.4) is 0 Å². The molecule has 3 rings (SSSR count). The normalized spacial score (nSPS) is 14.7. The lowest BCUT2D eigenvalue weighted by atomic mass is 10.2. The molecule has 0 atom stereocenters. The minimum Gasteiger partial charge on any atom is -0.265 e. The Hall–Kier alpha value is -2.23. The third-order valence-electron chi connectivity index (χ3n) is 3.61. The fraction of sp³-hybridized carbons (Fsp3) is 0.250. The third-order valence-corrected chi connectivity index (χ3v) is 5.51. The molecule has 112 valence electrons. The molecule has 0 N–H and O–H groups in total. The lowest BCUT2D eigenvalue weighted by molar-refractivity contribution is 0.398.